The van der Waals surface area contributed by atoms with Crippen LogP contribution in [0.1, 0.15) is 49.5 Å². The van der Waals surface area contributed by atoms with Gasteiger partial charge in [-0.25, -0.2) is 0 Å². The zero-order chi connectivity index (χ0) is 33.3. The van der Waals surface area contributed by atoms with Gasteiger partial charge in [0, 0.05) is 16.3 Å². The summed E-state index contributed by atoms with van der Waals surface area (Å²) >= 11 is 8.71. The molecule has 2 aromatic heterocycles. The van der Waals surface area contributed by atoms with Crippen LogP contribution >= 0.6 is 34.7 Å². The van der Waals surface area contributed by atoms with Crippen LogP contribution in [0.2, 0.25) is 5.02 Å². The molecule has 1 unspecified atom stereocenters. The van der Waals surface area contributed by atoms with Gasteiger partial charge in [-0.15, -0.1) is 10.2 Å². The molecule has 0 N–H and O–H groups in total. The Hall–Kier alpha value is -4.77. The number of hydrogen-bond acceptors (Lipinski definition) is 8. The van der Waals surface area contributed by atoms with E-state index in [1.165, 1.54) is 28.0 Å². The maximum atomic E-state index is 15.2. The number of aromatic nitrogens is 2. The van der Waals surface area contributed by atoms with Crippen molar-refractivity contribution in [3.63, 3.8) is 0 Å². The minimum atomic E-state index is -1.85. The third kappa shape index (κ3) is 4.62. The maximum absolute atomic E-state index is 15.2. The Bertz CT molecular complexity index is 2370. The zero-order valence-corrected chi connectivity index (χ0v) is 28.5. The number of fused-ring (bicyclic) bond motifs is 5. The predicted molar refractivity (Wildman–Crippen MR) is 189 cm³/mol. The predicted octanol–water partition coefficient (Wildman–Crippen LogP) is 7.97. The fraction of sp³-hybridized carbons (Fsp3) is 0.162. The van der Waals surface area contributed by atoms with Crippen molar-refractivity contribution < 1.29 is 14.0 Å². The topological polar surface area (TPSA) is 96.6 Å². The third-order valence-electron chi connectivity index (χ3n) is 9.03. The first kappa shape index (κ1) is 30.6. The lowest BCUT2D eigenvalue weighted by molar-refractivity contribution is -0.121. The van der Waals surface area contributed by atoms with Gasteiger partial charge in [-0.3, -0.25) is 19.3 Å². The first-order valence-electron chi connectivity index (χ1n) is 15.3. The van der Waals surface area contributed by atoms with E-state index >= 15 is 4.79 Å². The van der Waals surface area contributed by atoms with Crippen molar-refractivity contribution in [3.05, 3.63) is 145 Å². The van der Waals surface area contributed by atoms with Gasteiger partial charge in [-0.05, 0) is 73.4 Å². The second kappa shape index (κ2) is 11.4. The van der Waals surface area contributed by atoms with Gasteiger partial charge in [0.05, 0.1) is 23.2 Å². The monoisotopic (exact) mass is 690 g/mol. The molecule has 8 rings (SSSR count). The largest absolute Gasteiger partial charge is 0.450 e. The number of thioether (sulfide) groups is 1. The van der Waals surface area contributed by atoms with Crippen LogP contribution in [0.4, 0.5) is 10.8 Å². The van der Waals surface area contributed by atoms with Crippen molar-refractivity contribution in [3.8, 4) is 0 Å². The van der Waals surface area contributed by atoms with E-state index in [-0.39, 0.29) is 23.0 Å². The fourth-order valence-corrected chi connectivity index (χ4v) is 8.62. The molecule has 0 fully saturated rings. The van der Waals surface area contributed by atoms with E-state index in [9.17, 15) is 9.59 Å². The second-order valence-corrected chi connectivity index (χ2v) is 14.7. The van der Waals surface area contributed by atoms with Crippen molar-refractivity contribution in [2.75, 3.05) is 9.80 Å². The van der Waals surface area contributed by atoms with E-state index in [4.69, 9.17) is 16.0 Å². The number of carbonyl (C=O) groups is 2. The normalized spacial score (nSPS) is 16.8. The molecule has 0 aliphatic carbocycles. The molecule has 1 spiro atoms. The van der Waals surface area contributed by atoms with Crippen LogP contribution in [-0.4, -0.2) is 22.0 Å². The summed E-state index contributed by atoms with van der Waals surface area (Å²) in [6.45, 7) is 6.07. The molecule has 2 aliphatic rings. The number of anilines is 2. The Morgan fingerprint density at radius 2 is 1.65 bits per heavy atom. The molecule has 11 heteroatoms. The maximum Gasteiger partial charge on any atom is 0.297 e. The number of aryl methyl sites for hydroxylation is 3. The lowest BCUT2D eigenvalue weighted by Crippen LogP contribution is -2.53. The van der Waals surface area contributed by atoms with Gasteiger partial charge >= 0.3 is 0 Å². The van der Waals surface area contributed by atoms with Crippen molar-refractivity contribution in [2.45, 2.75) is 42.9 Å². The first-order valence-corrected chi connectivity index (χ1v) is 17.5. The summed E-state index contributed by atoms with van der Waals surface area (Å²) < 4.78 is 6.91. The number of para-hydroxylation sites is 1. The summed E-state index contributed by atoms with van der Waals surface area (Å²) in [6, 6.07) is 26.3. The van der Waals surface area contributed by atoms with Gasteiger partial charge < -0.3 is 9.32 Å². The lowest BCUT2D eigenvalue weighted by atomic mass is 9.84. The van der Waals surface area contributed by atoms with Crippen LogP contribution in [0, 0.1) is 20.8 Å². The molecular formula is C37H27ClN4O4S2. The van der Waals surface area contributed by atoms with Gasteiger partial charge in [-0.2, -0.15) is 0 Å². The molecule has 4 aromatic carbocycles. The molecule has 2 amide bonds. The van der Waals surface area contributed by atoms with Crippen LogP contribution in [0.3, 0.4) is 0 Å². The summed E-state index contributed by atoms with van der Waals surface area (Å²) in [6.07, 6.45) is 0. The van der Waals surface area contributed by atoms with Gasteiger partial charge in [0.2, 0.25) is 10.9 Å². The quantitative estimate of drug-likeness (QED) is 0.129. The minimum absolute atomic E-state index is 0.00184. The molecule has 0 saturated heterocycles. The standard InChI is InChI=1S/C37H27ClN4O4S2/c1-20-7-6-8-24(15-20)18-41-28-10-5-4-9-27(28)37(34(41)45)30-31(43)26-16-21(2)22(3)17-29(26)46-32(30)33(44)42(37)35-39-40-36(48-35)47-19-23-11-13-25(38)14-12-23/h4-17H,18-19H2,1-3H3. The fourth-order valence-electron chi connectivity index (χ4n) is 6.65. The van der Waals surface area contributed by atoms with E-state index < -0.39 is 22.8 Å². The molecule has 0 radical (unpaired) electrons. The van der Waals surface area contributed by atoms with Crippen molar-refractivity contribution in [1.29, 1.82) is 0 Å². The average molecular weight is 691 g/mol. The van der Waals surface area contributed by atoms with E-state index in [1.807, 2.05) is 87.5 Å². The van der Waals surface area contributed by atoms with Crippen LogP contribution in [0.25, 0.3) is 11.0 Å². The molecule has 8 nitrogen and oxygen atoms in total. The molecule has 6 aromatic rings. The molecule has 238 valence electrons. The average Bonchev–Trinajstić information content (AvgIpc) is 3.71. The first-order chi connectivity index (χ1) is 23.2. The van der Waals surface area contributed by atoms with Crippen LogP contribution in [0.5, 0.6) is 0 Å². The van der Waals surface area contributed by atoms with Crippen molar-refractivity contribution in [2.24, 2.45) is 0 Å². The van der Waals surface area contributed by atoms with Crippen LogP contribution in [-0.2, 0) is 22.6 Å². The van der Waals surface area contributed by atoms with Gasteiger partial charge in [0.1, 0.15) is 5.58 Å². The van der Waals surface area contributed by atoms with E-state index in [1.54, 1.807) is 23.1 Å². The van der Waals surface area contributed by atoms with E-state index in [0.29, 0.717) is 37.3 Å². The smallest absolute Gasteiger partial charge is 0.297 e. The highest BCUT2D eigenvalue weighted by atomic mass is 35.5. The molecule has 2 aliphatic heterocycles. The Morgan fingerprint density at radius 1 is 0.875 bits per heavy atom. The summed E-state index contributed by atoms with van der Waals surface area (Å²) in [5.74, 6) is -0.616. The molecule has 0 bridgehead atoms. The number of amides is 2. The molecule has 48 heavy (non-hydrogen) atoms. The Balaban J connectivity index is 1.32. The minimum Gasteiger partial charge on any atom is -0.450 e. The van der Waals surface area contributed by atoms with Gasteiger partial charge in [-0.1, -0.05) is 94.9 Å². The van der Waals surface area contributed by atoms with E-state index in [0.717, 1.165) is 27.8 Å². The highest BCUT2D eigenvalue weighted by molar-refractivity contribution is 8.00. The summed E-state index contributed by atoms with van der Waals surface area (Å²) in [7, 11) is 0. The number of carbonyl (C=O) groups excluding carboxylic acids is 2. The summed E-state index contributed by atoms with van der Waals surface area (Å²) in [5.41, 5.74) is 3.96. The van der Waals surface area contributed by atoms with Gasteiger partial charge in [0.25, 0.3) is 11.8 Å². The highest BCUT2D eigenvalue weighted by Gasteiger charge is 2.66. The Kier molecular flexibility index (Phi) is 7.28. The molecule has 4 heterocycles. The Morgan fingerprint density at radius 3 is 2.44 bits per heavy atom. The molecular weight excluding hydrogens is 664 g/mol. The SMILES string of the molecule is Cc1cccc(CN2C(=O)C3(c4ccccc42)c2c(oc4cc(C)c(C)cc4c2=O)C(=O)N3c2nnc(SCc3ccc(Cl)cc3)s2)c1. The van der Waals surface area contributed by atoms with Crippen LogP contribution in [0.15, 0.2) is 98.5 Å². The van der Waals surface area contributed by atoms with Gasteiger partial charge in [0.15, 0.2) is 15.3 Å². The van der Waals surface area contributed by atoms with Crippen molar-refractivity contribution >= 4 is 68.3 Å². The lowest BCUT2D eigenvalue weighted by Gasteiger charge is -2.32. The zero-order valence-electron chi connectivity index (χ0n) is 26.1. The van der Waals surface area contributed by atoms with Crippen LogP contribution < -0.4 is 15.2 Å². The second-order valence-electron chi connectivity index (χ2n) is 12.1. The number of nitrogens with zero attached hydrogens (tertiary/aromatic N) is 4. The number of rotatable bonds is 6. The third-order valence-corrected chi connectivity index (χ3v) is 11.4. The number of halogens is 1. The van der Waals surface area contributed by atoms with E-state index in [2.05, 4.69) is 10.2 Å². The number of benzene rings is 4. The summed E-state index contributed by atoms with van der Waals surface area (Å²) in [5, 5.41) is 10.0. The highest BCUT2D eigenvalue weighted by Crippen LogP contribution is 2.55. The Labute approximate surface area is 289 Å². The number of hydrogen-bond donors (Lipinski definition) is 0. The summed E-state index contributed by atoms with van der Waals surface area (Å²) in [4.78, 5) is 47.5. The molecule has 1 atom stereocenters. The molecule has 0 saturated carbocycles. The van der Waals surface area contributed by atoms with Crippen molar-refractivity contribution in [1.82, 2.24) is 10.2 Å².